The summed E-state index contributed by atoms with van der Waals surface area (Å²) in [5, 5.41) is 3.62. The summed E-state index contributed by atoms with van der Waals surface area (Å²) >= 11 is 10.9. The van der Waals surface area contributed by atoms with Crippen LogP contribution in [-0.4, -0.2) is 29.9 Å². The predicted molar refractivity (Wildman–Crippen MR) is 54.7 cm³/mol. The number of oxime groups is 1. The highest BCUT2D eigenvalue weighted by Gasteiger charge is 2.07. The largest absolute Gasteiger partial charge is 0.388 e. The molecular formula is C8H13Cl2NO2. The predicted octanol–water partition coefficient (Wildman–Crippen LogP) is 2.06. The van der Waals surface area contributed by atoms with E-state index in [0.717, 1.165) is 0 Å². The SMILES string of the molecule is CC(C)C(=O)CON=C(CCl)CCl. The van der Waals surface area contributed by atoms with Gasteiger partial charge in [0.2, 0.25) is 0 Å². The molecule has 0 fully saturated rings. The Hall–Kier alpha value is -0.280. The fraction of sp³-hybridized carbons (Fsp3) is 0.750. The highest BCUT2D eigenvalue weighted by Crippen LogP contribution is 1.96. The van der Waals surface area contributed by atoms with Gasteiger partial charge in [-0.3, -0.25) is 4.79 Å². The normalized spacial score (nSPS) is 9.92. The first kappa shape index (κ1) is 12.7. The molecule has 0 heterocycles. The molecule has 3 nitrogen and oxygen atoms in total. The third-order valence-corrected chi connectivity index (χ3v) is 1.97. The Bertz CT molecular complexity index is 187. The van der Waals surface area contributed by atoms with Crippen molar-refractivity contribution in [3.63, 3.8) is 0 Å². The Labute approximate surface area is 88.0 Å². The molecule has 0 aromatic rings. The van der Waals surface area contributed by atoms with Gasteiger partial charge in [-0.1, -0.05) is 19.0 Å². The van der Waals surface area contributed by atoms with Gasteiger partial charge in [-0.15, -0.1) is 23.2 Å². The molecule has 13 heavy (non-hydrogen) atoms. The lowest BCUT2D eigenvalue weighted by atomic mass is 10.1. The first-order valence-corrected chi connectivity index (χ1v) is 5.01. The van der Waals surface area contributed by atoms with Gasteiger partial charge in [-0.25, -0.2) is 0 Å². The zero-order valence-electron chi connectivity index (χ0n) is 7.72. The molecule has 0 spiro atoms. The van der Waals surface area contributed by atoms with Gasteiger partial charge in [0.15, 0.2) is 12.4 Å². The van der Waals surface area contributed by atoms with E-state index in [1.54, 1.807) is 13.8 Å². The average Bonchev–Trinajstić information content (AvgIpc) is 2.12. The molecule has 0 aliphatic carbocycles. The molecule has 0 aromatic heterocycles. The number of hydrogen-bond donors (Lipinski definition) is 0. The number of nitrogens with zero attached hydrogens (tertiary/aromatic N) is 1. The van der Waals surface area contributed by atoms with E-state index in [9.17, 15) is 4.79 Å². The van der Waals surface area contributed by atoms with Gasteiger partial charge in [0.1, 0.15) is 0 Å². The monoisotopic (exact) mass is 225 g/mol. The fourth-order valence-electron chi connectivity index (χ4n) is 0.438. The minimum Gasteiger partial charge on any atom is -0.388 e. The van der Waals surface area contributed by atoms with E-state index in [2.05, 4.69) is 5.16 Å². The van der Waals surface area contributed by atoms with Gasteiger partial charge in [-0.05, 0) is 0 Å². The second-order valence-electron chi connectivity index (χ2n) is 2.82. The van der Waals surface area contributed by atoms with Gasteiger partial charge >= 0.3 is 0 Å². The first-order chi connectivity index (χ1) is 6.11. The number of ketones is 1. The van der Waals surface area contributed by atoms with Crippen molar-refractivity contribution in [1.82, 2.24) is 0 Å². The summed E-state index contributed by atoms with van der Waals surface area (Å²) in [6.07, 6.45) is 0. The molecular weight excluding hydrogens is 213 g/mol. The lowest BCUT2D eigenvalue weighted by molar-refractivity contribution is -0.126. The number of halogens is 2. The van der Waals surface area contributed by atoms with Gasteiger partial charge in [0, 0.05) is 5.92 Å². The summed E-state index contributed by atoms with van der Waals surface area (Å²) in [7, 11) is 0. The third kappa shape index (κ3) is 5.88. The van der Waals surface area contributed by atoms with Crippen LogP contribution in [0.4, 0.5) is 0 Å². The Morgan fingerprint density at radius 1 is 1.38 bits per heavy atom. The minimum absolute atomic E-state index is 0.00671. The summed E-state index contributed by atoms with van der Waals surface area (Å²) in [4.78, 5) is 15.8. The lowest BCUT2D eigenvalue weighted by Crippen LogP contribution is -2.14. The summed E-state index contributed by atoms with van der Waals surface area (Å²) in [5.74, 6) is 0.413. The van der Waals surface area contributed by atoms with Gasteiger partial charge in [0.05, 0.1) is 17.5 Å². The van der Waals surface area contributed by atoms with E-state index >= 15 is 0 Å². The molecule has 76 valence electrons. The zero-order valence-corrected chi connectivity index (χ0v) is 9.23. The van der Waals surface area contributed by atoms with Crippen molar-refractivity contribution in [3.05, 3.63) is 0 Å². The Balaban J connectivity index is 3.77. The van der Waals surface area contributed by atoms with Crippen LogP contribution < -0.4 is 0 Å². The standard InChI is InChI=1S/C8H13Cl2NO2/c1-6(2)8(12)5-13-11-7(3-9)4-10/h6H,3-5H2,1-2H3. The molecule has 0 saturated heterocycles. The van der Waals surface area contributed by atoms with Crippen molar-refractivity contribution < 1.29 is 9.63 Å². The topological polar surface area (TPSA) is 38.7 Å². The van der Waals surface area contributed by atoms with Crippen LogP contribution in [0.25, 0.3) is 0 Å². The van der Waals surface area contributed by atoms with Crippen LogP contribution in [0.1, 0.15) is 13.8 Å². The number of alkyl halides is 2. The molecule has 0 radical (unpaired) electrons. The molecule has 5 heteroatoms. The van der Waals surface area contributed by atoms with E-state index < -0.39 is 0 Å². The van der Waals surface area contributed by atoms with Gasteiger partial charge in [-0.2, -0.15) is 0 Å². The molecule has 0 amide bonds. The van der Waals surface area contributed by atoms with Crippen LogP contribution in [0.3, 0.4) is 0 Å². The van der Waals surface area contributed by atoms with Crippen molar-refractivity contribution in [2.45, 2.75) is 13.8 Å². The molecule has 0 aliphatic rings. The Morgan fingerprint density at radius 3 is 2.31 bits per heavy atom. The molecule has 0 bridgehead atoms. The van der Waals surface area contributed by atoms with Crippen molar-refractivity contribution >= 4 is 34.7 Å². The van der Waals surface area contributed by atoms with Crippen molar-refractivity contribution in [1.29, 1.82) is 0 Å². The molecule has 0 atom stereocenters. The van der Waals surface area contributed by atoms with Crippen molar-refractivity contribution in [2.24, 2.45) is 11.1 Å². The molecule has 0 N–H and O–H groups in total. The van der Waals surface area contributed by atoms with Gasteiger partial charge < -0.3 is 4.84 Å². The third-order valence-electron chi connectivity index (χ3n) is 1.35. The maximum atomic E-state index is 11.0. The average molecular weight is 226 g/mol. The van der Waals surface area contributed by atoms with Crippen molar-refractivity contribution in [3.8, 4) is 0 Å². The highest BCUT2D eigenvalue weighted by atomic mass is 35.5. The summed E-state index contributed by atoms with van der Waals surface area (Å²) < 4.78 is 0. The van der Waals surface area contributed by atoms with Crippen LogP contribution >= 0.6 is 23.2 Å². The van der Waals surface area contributed by atoms with E-state index in [4.69, 9.17) is 28.0 Å². The molecule has 0 aliphatic heterocycles. The Kier molecular flexibility index (Phi) is 7.00. The molecule has 0 saturated carbocycles. The quantitative estimate of drug-likeness (QED) is 0.395. The van der Waals surface area contributed by atoms with Crippen molar-refractivity contribution in [2.75, 3.05) is 18.4 Å². The van der Waals surface area contributed by atoms with Crippen LogP contribution in [0.5, 0.6) is 0 Å². The number of carbonyl (C=O) groups excluding carboxylic acids is 1. The van der Waals surface area contributed by atoms with Crippen LogP contribution in [0, 0.1) is 5.92 Å². The first-order valence-electron chi connectivity index (χ1n) is 3.94. The molecule has 0 unspecified atom stereocenters. The van der Waals surface area contributed by atoms with Crippen LogP contribution in [0.2, 0.25) is 0 Å². The van der Waals surface area contributed by atoms with Crippen LogP contribution in [0.15, 0.2) is 5.16 Å². The van der Waals surface area contributed by atoms with E-state index in [1.165, 1.54) is 0 Å². The second kappa shape index (κ2) is 7.15. The summed E-state index contributed by atoms with van der Waals surface area (Å²) in [6.45, 7) is 3.59. The molecule has 0 rings (SSSR count). The zero-order chi connectivity index (χ0) is 10.3. The smallest absolute Gasteiger partial charge is 0.175 e. The van der Waals surface area contributed by atoms with E-state index in [1.807, 2.05) is 0 Å². The molecule has 0 aromatic carbocycles. The Morgan fingerprint density at radius 2 is 1.92 bits per heavy atom. The number of Topliss-reactive ketones (excluding diaryl/α,β-unsaturated/α-hetero) is 1. The lowest BCUT2D eigenvalue weighted by Gasteiger charge is -2.02. The summed E-state index contributed by atoms with van der Waals surface area (Å²) in [5.41, 5.74) is 0.528. The second-order valence-corrected chi connectivity index (χ2v) is 3.35. The van der Waals surface area contributed by atoms with E-state index in [0.29, 0.717) is 5.71 Å². The van der Waals surface area contributed by atoms with Gasteiger partial charge in [0.25, 0.3) is 0 Å². The maximum Gasteiger partial charge on any atom is 0.175 e. The minimum atomic E-state index is -0.0364. The van der Waals surface area contributed by atoms with Crippen LogP contribution in [-0.2, 0) is 9.63 Å². The number of rotatable bonds is 6. The number of carbonyl (C=O) groups is 1. The highest BCUT2D eigenvalue weighted by molar-refractivity contribution is 6.36. The maximum absolute atomic E-state index is 11.0. The summed E-state index contributed by atoms with van der Waals surface area (Å²) in [6, 6.07) is 0. The fourth-order valence-corrected chi connectivity index (χ4v) is 0.822. The number of hydrogen-bond acceptors (Lipinski definition) is 3. The van der Waals surface area contributed by atoms with E-state index in [-0.39, 0.29) is 30.1 Å².